The van der Waals surface area contributed by atoms with Gasteiger partial charge in [-0.1, -0.05) is 57.5 Å². The third kappa shape index (κ3) is 3.68. The summed E-state index contributed by atoms with van der Waals surface area (Å²) in [7, 11) is 0. The first-order valence-electron chi connectivity index (χ1n) is 11.0. The zero-order chi connectivity index (χ0) is 20.9. The molecule has 2 aliphatic rings. The fourth-order valence-electron chi connectivity index (χ4n) is 6.67. The molecule has 29 heavy (non-hydrogen) atoms. The lowest BCUT2D eigenvalue weighted by Crippen LogP contribution is -2.58. The van der Waals surface area contributed by atoms with Gasteiger partial charge in [-0.25, -0.2) is 9.97 Å². The molecule has 0 unspecified atom stereocenters. The second-order valence-electron chi connectivity index (χ2n) is 10.5. The van der Waals surface area contributed by atoms with Gasteiger partial charge in [0.1, 0.15) is 0 Å². The molecule has 0 radical (unpaired) electrons. The number of anilines is 1. The van der Waals surface area contributed by atoms with Crippen molar-refractivity contribution >= 4 is 5.95 Å². The van der Waals surface area contributed by atoms with Gasteiger partial charge in [0.25, 0.3) is 0 Å². The highest BCUT2D eigenvalue weighted by molar-refractivity contribution is 5.60. The number of fused-ring (bicyclic) bond motifs is 1. The minimum atomic E-state index is -0.689. The maximum atomic E-state index is 11.5. The Bertz CT molecular complexity index is 877. The summed E-state index contributed by atoms with van der Waals surface area (Å²) in [6, 6.07) is 12.2. The van der Waals surface area contributed by atoms with Gasteiger partial charge in [0.05, 0.1) is 11.3 Å². The highest BCUT2D eigenvalue weighted by Crippen LogP contribution is 2.62. The molecule has 156 valence electrons. The summed E-state index contributed by atoms with van der Waals surface area (Å²) in [5.74, 6) is 1.09. The summed E-state index contributed by atoms with van der Waals surface area (Å²) in [5.41, 5.74) is 8.67. The third-order valence-corrected chi connectivity index (χ3v) is 8.04. The van der Waals surface area contributed by atoms with Gasteiger partial charge in [0.15, 0.2) is 0 Å². The van der Waals surface area contributed by atoms with Crippen molar-refractivity contribution in [2.75, 3.05) is 5.73 Å². The van der Waals surface area contributed by atoms with Crippen LogP contribution in [0.15, 0.2) is 36.4 Å². The molecule has 2 saturated carbocycles. The van der Waals surface area contributed by atoms with Gasteiger partial charge in [-0.2, -0.15) is 0 Å². The molecule has 0 spiro atoms. The van der Waals surface area contributed by atoms with Gasteiger partial charge in [-0.15, -0.1) is 0 Å². The molecule has 4 nitrogen and oxygen atoms in total. The van der Waals surface area contributed by atoms with Crippen LogP contribution in [0.4, 0.5) is 5.95 Å². The first kappa shape index (κ1) is 20.3. The maximum Gasteiger partial charge on any atom is 0.220 e. The second-order valence-corrected chi connectivity index (χ2v) is 10.5. The van der Waals surface area contributed by atoms with Crippen LogP contribution in [0.2, 0.25) is 0 Å². The highest BCUT2D eigenvalue weighted by atomic mass is 16.3. The first-order chi connectivity index (χ1) is 13.6. The van der Waals surface area contributed by atoms with Crippen molar-refractivity contribution in [2.45, 2.75) is 71.8 Å². The molecule has 0 saturated heterocycles. The third-order valence-electron chi connectivity index (χ3n) is 8.04. The number of benzene rings is 1. The Hall–Kier alpha value is -1.94. The minimum absolute atomic E-state index is 0.107. The van der Waals surface area contributed by atoms with Crippen molar-refractivity contribution in [1.29, 1.82) is 0 Å². The van der Waals surface area contributed by atoms with Gasteiger partial charge >= 0.3 is 0 Å². The Labute approximate surface area is 175 Å². The second kappa shape index (κ2) is 7.09. The fraction of sp³-hybridized carbons (Fsp3) is 0.600. The zero-order valence-electron chi connectivity index (χ0n) is 18.3. The zero-order valence-corrected chi connectivity index (χ0v) is 18.3. The molecule has 2 fully saturated rings. The predicted molar refractivity (Wildman–Crippen MR) is 118 cm³/mol. The Morgan fingerprint density at radius 1 is 1.03 bits per heavy atom. The molecule has 0 aliphatic heterocycles. The molecule has 4 heteroatoms. The van der Waals surface area contributed by atoms with Crippen molar-refractivity contribution in [3.8, 4) is 11.3 Å². The average Bonchev–Trinajstić information content (AvgIpc) is 2.64. The lowest BCUT2D eigenvalue weighted by molar-refractivity contribution is -0.166. The molecule has 4 atom stereocenters. The number of nitrogen functional groups attached to an aromatic ring is 1. The Kier molecular flexibility index (Phi) is 4.97. The maximum absolute atomic E-state index is 11.5. The summed E-state index contributed by atoms with van der Waals surface area (Å²) in [6.07, 6.45) is 6.38. The van der Waals surface area contributed by atoms with Crippen LogP contribution in [0.3, 0.4) is 0 Å². The van der Waals surface area contributed by atoms with Gasteiger partial charge in [-0.05, 0) is 67.8 Å². The lowest BCUT2D eigenvalue weighted by atomic mass is 9.45. The van der Waals surface area contributed by atoms with Crippen LogP contribution >= 0.6 is 0 Å². The van der Waals surface area contributed by atoms with E-state index in [1.165, 1.54) is 19.3 Å². The molecule has 1 heterocycles. The van der Waals surface area contributed by atoms with Gasteiger partial charge in [0.2, 0.25) is 5.95 Å². The van der Waals surface area contributed by atoms with Gasteiger partial charge < -0.3 is 10.8 Å². The van der Waals surface area contributed by atoms with Gasteiger partial charge in [-0.3, -0.25) is 0 Å². The molecule has 2 aromatic rings. The van der Waals surface area contributed by atoms with Crippen molar-refractivity contribution in [3.05, 3.63) is 42.1 Å². The highest BCUT2D eigenvalue weighted by Gasteiger charge is 2.57. The fourth-order valence-corrected chi connectivity index (χ4v) is 6.67. The largest absolute Gasteiger partial charge is 0.390 e. The molecule has 1 aromatic carbocycles. The number of hydrogen-bond donors (Lipinski definition) is 2. The summed E-state index contributed by atoms with van der Waals surface area (Å²) in [6.45, 7) is 9.29. The molecule has 1 aromatic heterocycles. The van der Waals surface area contributed by atoms with E-state index in [1.54, 1.807) is 0 Å². The SMILES string of the molecule is CC1(C)CCC[C@]2(C)[C@@H](Cc3cc(-c4ccccc4)nc(N)n3)[C@](C)(O)CC[C@@H]12. The average molecular weight is 394 g/mol. The van der Waals surface area contributed by atoms with Crippen molar-refractivity contribution in [2.24, 2.45) is 22.7 Å². The number of hydrogen-bond acceptors (Lipinski definition) is 4. The number of aromatic nitrogens is 2. The van der Waals surface area contributed by atoms with Crippen LogP contribution in [0, 0.1) is 22.7 Å². The Morgan fingerprint density at radius 2 is 1.76 bits per heavy atom. The smallest absolute Gasteiger partial charge is 0.220 e. The van der Waals surface area contributed by atoms with Crippen molar-refractivity contribution in [3.63, 3.8) is 0 Å². The van der Waals surface area contributed by atoms with E-state index >= 15 is 0 Å². The van der Waals surface area contributed by atoms with Crippen molar-refractivity contribution in [1.82, 2.24) is 9.97 Å². The van der Waals surface area contributed by atoms with E-state index in [0.29, 0.717) is 17.3 Å². The summed E-state index contributed by atoms with van der Waals surface area (Å²) < 4.78 is 0. The van der Waals surface area contributed by atoms with Crippen LogP contribution in [0.1, 0.15) is 65.5 Å². The molecular weight excluding hydrogens is 358 g/mol. The minimum Gasteiger partial charge on any atom is -0.390 e. The first-order valence-corrected chi connectivity index (χ1v) is 11.0. The molecular formula is C25H35N3O. The molecule has 2 aliphatic carbocycles. The monoisotopic (exact) mass is 393 g/mol. The van der Waals surface area contributed by atoms with E-state index in [2.05, 4.69) is 36.8 Å². The van der Waals surface area contributed by atoms with E-state index in [9.17, 15) is 5.11 Å². The predicted octanol–water partition coefficient (Wildman–Crippen LogP) is 5.26. The van der Waals surface area contributed by atoms with E-state index in [-0.39, 0.29) is 11.3 Å². The van der Waals surface area contributed by atoms with Crippen LogP contribution in [0.5, 0.6) is 0 Å². The standard InChI is InChI=1S/C25H35N3O/c1-23(2)12-8-13-24(3)20(23)11-14-25(4,29)21(24)16-18-15-19(28-22(26)27-18)17-9-6-5-7-10-17/h5-7,9-10,15,20-21,29H,8,11-14,16H2,1-4H3,(H2,26,27,28)/t20-,21+,24-,25+/m0/s1. The number of aliphatic hydroxyl groups is 1. The van der Waals surface area contributed by atoms with E-state index in [0.717, 1.165) is 36.2 Å². The quantitative estimate of drug-likeness (QED) is 0.746. The number of rotatable bonds is 3. The number of nitrogens with two attached hydrogens (primary N) is 1. The van der Waals surface area contributed by atoms with Crippen LogP contribution in [0.25, 0.3) is 11.3 Å². The topological polar surface area (TPSA) is 72.0 Å². The Balaban J connectivity index is 1.71. The van der Waals surface area contributed by atoms with E-state index in [1.807, 2.05) is 37.3 Å². The van der Waals surface area contributed by atoms with Gasteiger partial charge in [0, 0.05) is 11.3 Å². The summed E-state index contributed by atoms with van der Waals surface area (Å²) in [5, 5.41) is 11.5. The number of nitrogens with zero attached hydrogens (tertiary/aromatic N) is 2. The van der Waals surface area contributed by atoms with Crippen LogP contribution in [-0.4, -0.2) is 20.7 Å². The van der Waals surface area contributed by atoms with Crippen LogP contribution in [-0.2, 0) is 6.42 Å². The van der Waals surface area contributed by atoms with E-state index < -0.39 is 5.60 Å². The van der Waals surface area contributed by atoms with E-state index in [4.69, 9.17) is 5.73 Å². The molecule has 4 rings (SSSR count). The molecule has 0 bridgehead atoms. The normalized spacial score (nSPS) is 33.8. The molecule has 0 amide bonds. The lowest BCUT2D eigenvalue weighted by Gasteiger charge is -2.61. The summed E-state index contributed by atoms with van der Waals surface area (Å²) in [4.78, 5) is 9.04. The summed E-state index contributed by atoms with van der Waals surface area (Å²) >= 11 is 0. The Morgan fingerprint density at radius 3 is 2.48 bits per heavy atom. The van der Waals surface area contributed by atoms with Crippen LogP contribution < -0.4 is 5.73 Å². The molecule has 3 N–H and O–H groups in total. The van der Waals surface area contributed by atoms with Crippen molar-refractivity contribution < 1.29 is 5.11 Å².